The molecule has 1 amide bonds. The third-order valence-corrected chi connectivity index (χ3v) is 8.29. The Morgan fingerprint density at radius 2 is 2.00 bits per heavy atom. The molecule has 0 bridgehead atoms. The van der Waals surface area contributed by atoms with Crippen LogP contribution in [0.2, 0.25) is 0 Å². The molecule has 7 nitrogen and oxygen atoms in total. The molecule has 0 spiro atoms. The fraction of sp³-hybridized carbons (Fsp3) is 0.536. The van der Waals surface area contributed by atoms with Gasteiger partial charge in [-0.3, -0.25) is 14.2 Å². The van der Waals surface area contributed by atoms with Crippen LogP contribution in [0.4, 0.5) is 20.3 Å². The zero-order chi connectivity index (χ0) is 25.8. The minimum Gasteiger partial charge on any atom is -0.338 e. The second-order valence-electron chi connectivity index (χ2n) is 10.7. The van der Waals surface area contributed by atoms with E-state index in [-0.39, 0.29) is 11.5 Å². The van der Waals surface area contributed by atoms with E-state index >= 15 is 0 Å². The van der Waals surface area contributed by atoms with Gasteiger partial charge in [-0.25, -0.2) is 8.78 Å². The van der Waals surface area contributed by atoms with E-state index in [2.05, 4.69) is 21.6 Å². The number of rotatable bonds is 6. The smallest absolute Gasteiger partial charge is 0.264 e. The van der Waals surface area contributed by atoms with E-state index in [1.807, 2.05) is 17.9 Å². The van der Waals surface area contributed by atoms with Crippen LogP contribution in [0, 0.1) is 5.92 Å². The third kappa shape index (κ3) is 4.22. The van der Waals surface area contributed by atoms with Crippen molar-refractivity contribution in [1.29, 1.82) is 0 Å². The van der Waals surface area contributed by atoms with Gasteiger partial charge in [0.05, 0.1) is 18.8 Å². The zero-order valence-corrected chi connectivity index (χ0v) is 21.8. The van der Waals surface area contributed by atoms with Crippen molar-refractivity contribution < 1.29 is 13.6 Å². The molecule has 1 atom stereocenters. The number of carbonyl (C=O) groups is 1. The van der Waals surface area contributed by atoms with E-state index in [9.17, 15) is 13.6 Å². The molecule has 9 heteroatoms. The van der Waals surface area contributed by atoms with E-state index < -0.39 is 6.43 Å². The summed E-state index contributed by atoms with van der Waals surface area (Å²) in [5, 5.41) is 9.36. The number of aromatic nitrogens is 4. The van der Waals surface area contributed by atoms with Crippen LogP contribution >= 0.6 is 0 Å². The molecule has 3 aromatic rings. The maximum Gasteiger partial charge on any atom is 0.264 e. The summed E-state index contributed by atoms with van der Waals surface area (Å²) in [5.74, 6) is 1.60. The van der Waals surface area contributed by atoms with Crippen molar-refractivity contribution in [3.8, 4) is 11.1 Å². The molecule has 1 fully saturated rings. The Balaban J connectivity index is 1.47. The first-order chi connectivity index (χ1) is 17.9. The fourth-order valence-electron chi connectivity index (χ4n) is 6.06. The summed E-state index contributed by atoms with van der Waals surface area (Å²) in [6.07, 6.45) is 6.22. The fourth-order valence-corrected chi connectivity index (χ4v) is 6.06. The van der Waals surface area contributed by atoms with Crippen LogP contribution in [0.25, 0.3) is 11.1 Å². The van der Waals surface area contributed by atoms with Crippen molar-refractivity contribution in [1.82, 2.24) is 24.5 Å². The number of nitrogens with zero attached hydrogens (tertiary/aromatic N) is 6. The highest BCUT2D eigenvalue weighted by Gasteiger charge is 2.37. The summed E-state index contributed by atoms with van der Waals surface area (Å²) >= 11 is 0. The summed E-state index contributed by atoms with van der Waals surface area (Å²) in [7, 11) is 1.79. The van der Waals surface area contributed by atoms with E-state index in [0.717, 1.165) is 41.9 Å². The zero-order valence-electron chi connectivity index (χ0n) is 21.8. The first-order valence-corrected chi connectivity index (χ1v) is 13.4. The van der Waals surface area contributed by atoms with Crippen molar-refractivity contribution in [2.45, 2.75) is 71.4 Å². The average Bonchev–Trinajstić information content (AvgIpc) is 3.56. The van der Waals surface area contributed by atoms with Gasteiger partial charge in [0.25, 0.3) is 6.43 Å². The lowest BCUT2D eigenvalue weighted by Gasteiger charge is -2.33. The molecule has 0 unspecified atom stereocenters. The number of aryl methyl sites for hydroxylation is 2. The molecule has 0 saturated heterocycles. The summed E-state index contributed by atoms with van der Waals surface area (Å²) in [6, 6.07) is 3.88. The summed E-state index contributed by atoms with van der Waals surface area (Å²) in [5.41, 5.74) is 5.38. The molecule has 2 aliphatic heterocycles. The van der Waals surface area contributed by atoms with Crippen molar-refractivity contribution in [3.63, 3.8) is 0 Å². The lowest BCUT2D eigenvalue weighted by Crippen LogP contribution is -2.36. The van der Waals surface area contributed by atoms with Gasteiger partial charge < -0.3 is 9.80 Å². The second-order valence-corrected chi connectivity index (χ2v) is 10.7. The number of carbonyl (C=O) groups excluding carboxylic acids is 1. The van der Waals surface area contributed by atoms with E-state index in [1.54, 1.807) is 30.2 Å². The van der Waals surface area contributed by atoms with Crippen LogP contribution in [0.3, 0.4) is 0 Å². The van der Waals surface area contributed by atoms with Gasteiger partial charge in [0.2, 0.25) is 5.91 Å². The van der Waals surface area contributed by atoms with Crippen molar-refractivity contribution >= 4 is 17.4 Å². The molecule has 3 aliphatic rings. The topological polar surface area (TPSA) is 59.2 Å². The van der Waals surface area contributed by atoms with Crippen LogP contribution in [-0.4, -0.2) is 43.5 Å². The first kappa shape index (κ1) is 24.1. The van der Waals surface area contributed by atoms with Gasteiger partial charge in [0.15, 0.2) is 5.82 Å². The quantitative estimate of drug-likeness (QED) is 0.437. The number of fused-ring (bicyclic) bond motifs is 2. The number of anilines is 2. The number of hydrogen-bond donors (Lipinski definition) is 0. The highest BCUT2D eigenvalue weighted by Crippen LogP contribution is 2.45. The molecule has 2 aromatic heterocycles. The van der Waals surface area contributed by atoms with Gasteiger partial charge in [-0.05, 0) is 61.8 Å². The van der Waals surface area contributed by atoms with Gasteiger partial charge >= 0.3 is 0 Å². The summed E-state index contributed by atoms with van der Waals surface area (Å²) < 4.78 is 32.6. The maximum absolute atomic E-state index is 14.4. The summed E-state index contributed by atoms with van der Waals surface area (Å²) in [4.78, 5) is 16.7. The molecule has 37 heavy (non-hydrogen) atoms. The van der Waals surface area contributed by atoms with Crippen LogP contribution in [0.5, 0.6) is 0 Å². The molecular formula is C28H34F2N6O. The number of alkyl halides is 2. The Morgan fingerprint density at radius 1 is 1.19 bits per heavy atom. The maximum atomic E-state index is 14.4. The first-order valence-electron chi connectivity index (χ1n) is 13.4. The van der Waals surface area contributed by atoms with Gasteiger partial charge in [-0.2, -0.15) is 10.2 Å². The van der Waals surface area contributed by atoms with Gasteiger partial charge in [-0.1, -0.05) is 6.92 Å². The predicted molar refractivity (Wildman–Crippen MR) is 138 cm³/mol. The van der Waals surface area contributed by atoms with E-state index in [1.165, 1.54) is 18.5 Å². The number of amides is 1. The molecular weight excluding hydrogens is 474 g/mol. The highest BCUT2D eigenvalue weighted by atomic mass is 19.3. The molecule has 0 radical (unpaired) electrons. The number of benzene rings is 1. The largest absolute Gasteiger partial charge is 0.338 e. The van der Waals surface area contributed by atoms with Gasteiger partial charge in [-0.15, -0.1) is 0 Å². The third-order valence-electron chi connectivity index (χ3n) is 8.29. The monoisotopic (exact) mass is 508 g/mol. The minimum absolute atomic E-state index is 0.0149. The van der Waals surface area contributed by atoms with Crippen LogP contribution in [0.1, 0.15) is 74.4 Å². The van der Waals surface area contributed by atoms with Crippen LogP contribution in [0.15, 0.2) is 24.5 Å². The molecule has 1 aliphatic carbocycles. The van der Waals surface area contributed by atoms with Crippen LogP contribution in [-0.2, 0) is 31.2 Å². The van der Waals surface area contributed by atoms with Crippen LogP contribution < -0.4 is 4.90 Å². The molecule has 196 valence electrons. The molecule has 1 aromatic carbocycles. The van der Waals surface area contributed by atoms with E-state index in [4.69, 9.17) is 5.10 Å². The normalized spacial score (nSPS) is 18.2. The Bertz CT molecular complexity index is 1340. The Labute approximate surface area is 216 Å². The Hall–Kier alpha value is -3.23. The van der Waals surface area contributed by atoms with Gasteiger partial charge in [0.1, 0.15) is 0 Å². The second kappa shape index (κ2) is 9.26. The highest BCUT2D eigenvalue weighted by molar-refractivity contribution is 5.78. The molecule has 0 N–H and O–H groups in total. The molecule has 6 rings (SSSR count). The van der Waals surface area contributed by atoms with E-state index in [0.29, 0.717) is 49.1 Å². The number of halogens is 2. The average molecular weight is 509 g/mol. The van der Waals surface area contributed by atoms with Crippen molar-refractivity contribution in [2.24, 2.45) is 13.0 Å². The Morgan fingerprint density at radius 3 is 2.68 bits per heavy atom. The minimum atomic E-state index is -2.61. The SMILES string of the molecule is CCC(=O)N1CCc2c(c(N3CCCc4cc(-c5cnn(C)c5)c(C(F)F)cc43)nn2[C@H](C)C2CC2)C1. The predicted octanol–water partition coefficient (Wildman–Crippen LogP) is 5.57. The standard InChI is InChI=1S/C28H34F2N6O/c1-4-26(37)34-11-9-24-23(16-34)28(32-36(24)17(2)18-7-8-18)35-10-5-6-19-12-21(20-14-31-33(3)15-20)22(27(29)30)13-25(19)35/h12-15,17-18,27H,4-11,16H2,1-3H3/t17-/m1/s1. The lowest BCUT2D eigenvalue weighted by molar-refractivity contribution is -0.131. The number of hydrogen-bond acceptors (Lipinski definition) is 4. The Kier molecular flexibility index (Phi) is 6.04. The van der Waals surface area contributed by atoms with Crippen molar-refractivity contribution in [2.75, 3.05) is 18.0 Å². The van der Waals surface area contributed by atoms with Gasteiger partial charge in [0, 0.05) is 67.2 Å². The lowest BCUT2D eigenvalue weighted by atomic mass is 9.92. The van der Waals surface area contributed by atoms with Crippen molar-refractivity contribution in [3.05, 3.63) is 46.9 Å². The molecule has 1 saturated carbocycles. The summed E-state index contributed by atoms with van der Waals surface area (Å²) in [6.45, 7) is 6.06. The molecule has 4 heterocycles.